The van der Waals surface area contributed by atoms with Gasteiger partial charge in [-0.3, -0.25) is 4.68 Å². The number of nitrogens with zero attached hydrogens (tertiary/aromatic N) is 2. The molecule has 0 atom stereocenters. The van der Waals surface area contributed by atoms with E-state index in [9.17, 15) is 0 Å². The highest BCUT2D eigenvalue weighted by molar-refractivity contribution is 9.10. The van der Waals surface area contributed by atoms with Crippen molar-refractivity contribution in [3.63, 3.8) is 0 Å². The molecule has 4 nitrogen and oxygen atoms in total. The SMILES string of the molecule is Cc1nn(C)c(Nc2ccc(Br)c(Cl)c2Cl)c1C(N)=S. The van der Waals surface area contributed by atoms with Crippen LogP contribution in [0.25, 0.3) is 0 Å². The van der Waals surface area contributed by atoms with Crippen molar-refractivity contribution in [1.29, 1.82) is 0 Å². The normalized spacial score (nSPS) is 10.7. The maximum Gasteiger partial charge on any atom is 0.138 e. The van der Waals surface area contributed by atoms with E-state index in [0.717, 1.165) is 10.2 Å². The topological polar surface area (TPSA) is 55.9 Å². The van der Waals surface area contributed by atoms with Gasteiger partial charge in [0.15, 0.2) is 0 Å². The average Bonchev–Trinajstić information content (AvgIpc) is 2.65. The maximum absolute atomic E-state index is 6.22. The lowest BCUT2D eigenvalue weighted by atomic mass is 10.2. The van der Waals surface area contributed by atoms with Crippen LogP contribution in [0.5, 0.6) is 0 Å². The largest absolute Gasteiger partial charge is 0.389 e. The van der Waals surface area contributed by atoms with Crippen LogP contribution in [0, 0.1) is 6.92 Å². The highest BCUT2D eigenvalue weighted by atomic mass is 79.9. The predicted octanol–water partition coefficient (Wildman–Crippen LogP) is 4.18. The number of aromatic nitrogens is 2. The van der Waals surface area contributed by atoms with Gasteiger partial charge in [0.1, 0.15) is 10.8 Å². The summed E-state index contributed by atoms with van der Waals surface area (Å²) >= 11 is 20.7. The summed E-state index contributed by atoms with van der Waals surface area (Å²) in [6.45, 7) is 1.84. The second-order valence-electron chi connectivity index (χ2n) is 4.14. The van der Waals surface area contributed by atoms with Crippen LogP contribution in [0.1, 0.15) is 11.3 Å². The zero-order valence-electron chi connectivity index (χ0n) is 10.7. The van der Waals surface area contributed by atoms with E-state index in [0.29, 0.717) is 27.1 Å². The molecule has 2 rings (SSSR count). The molecule has 106 valence electrons. The van der Waals surface area contributed by atoms with Gasteiger partial charge in [-0.05, 0) is 35.0 Å². The predicted molar refractivity (Wildman–Crippen MR) is 91.3 cm³/mol. The number of thiocarbonyl (C=S) groups is 1. The molecule has 0 bridgehead atoms. The number of anilines is 2. The van der Waals surface area contributed by atoms with E-state index in [1.165, 1.54) is 0 Å². The fraction of sp³-hybridized carbons (Fsp3) is 0.167. The Morgan fingerprint density at radius 2 is 2.05 bits per heavy atom. The van der Waals surface area contributed by atoms with E-state index in [1.54, 1.807) is 17.8 Å². The van der Waals surface area contributed by atoms with Crippen LogP contribution < -0.4 is 11.1 Å². The molecule has 1 heterocycles. The Hall–Kier alpha value is -0.820. The fourth-order valence-electron chi connectivity index (χ4n) is 1.85. The molecule has 1 aromatic carbocycles. The standard InChI is InChI=1S/C12H11BrCl2N4S/c1-5-8(11(16)20)12(19(2)18-5)17-7-4-3-6(13)9(14)10(7)15/h3-4,17H,1-2H3,(H2,16,20). The maximum atomic E-state index is 6.22. The number of halogens is 3. The fourth-order valence-corrected chi connectivity index (χ4v) is 2.91. The first-order chi connectivity index (χ1) is 9.32. The molecular weight excluding hydrogens is 383 g/mol. The molecule has 0 unspecified atom stereocenters. The second-order valence-corrected chi connectivity index (χ2v) is 6.19. The minimum Gasteiger partial charge on any atom is -0.389 e. The molecule has 0 spiro atoms. The number of benzene rings is 1. The summed E-state index contributed by atoms with van der Waals surface area (Å²) in [7, 11) is 1.80. The lowest BCUT2D eigenvalue weighted by Crippen LogP contribution is -2.13. The molecule has 0 aliphatic rings. The van der Waals surface area contributed by atoms with Gasteiger partial charge in [-0.1, -0.05) is 35.4 Å². The Labute approximate surface area is 140 Å². The van der Waals surface area contributed by atoms with E-state index in [1.807, 2.05) is 13.0 Å². The molecule has 1 aromatic heterocycles. The highest BCUT2D eigenvalue weighted by Crippen LogP contribution is 2.37. The number of nitrogens with one attached hydrogen (secondary N) is 1. The van der Waals surface area contributed by atoms with Gasteiger partial charge in [0.05, 0.1) is 27.0 Å². The Bertz CT molecular complexity index is 699. The molecule has 0 saturated heterocycles. The van der Waals surface area contributed by atoms with Crippen LogP contribution in [0.3, 0.4) is 0 Å². The monoisotopic (exact) mass is 392 g/mol. The molecule has 0 aliphatic carbocycles. The van der Waals surface area contributed by atoms with E-state index < -0.39 is 0 Å². The summed E-state index contributed by atoms with van der Waals surface area (Å²) in [6, 6.07) is 3.62. The van der Waals surface area contributed by atoms with Crippen molar-refractivity contribution in [3.8, 4) is 0 Å². The minimum atomic E-state index is 0.275. The van der Waals surface area contributed by atoms with Crippen molar-refractivity contribution in [3.05, 3.63) is 37.9 Å². The van der Waals surface area contributed by atoms with E-state index in [-0.39, 0.29) is 4.99 Å². The Morgan fingerprint density at radius 3 is 2.65 bits per heavy atom. The van der Waals surface area contributed by atoms with Crippen LogP contribution in [0.2, 0.25) is 10.0 Å². The highest BCUT2D eigenvalue weighted by Gasteiger charge is 2.17. The second kappa shape index (κ2) is 5.89. The summed E-state index contributed by atoms with van der Waals surface area (Å²) in [5.41, 5.74) is 7.84. The zero-order chi connectivity index (χ0) is 15.0. The third-order valence-corrected chi connectivity index (χ3v) is 4.73. The molecule has 0 amide bonds. The Balaban J connectivity index is 2.51. The van der Waals surface area contributed by atoms with E-state index in [2.05, 4.69) is 26.3 Å². The third-order valence-electron chi connectivity index (χ3n) is 2.76. The van der Waals surface area contributed by atoms with Crippen LogP contribution in [0.15, 0.2) is 16.6 Å². The summed E-state index contributed by atoms with van der Waals surface area (Å²) in [5, 5.41) is 8.32. The summed E-state index contributed by atoms with van der Waals surface area (Å²) in [5.74, 6) is 0.676. The van der Waals surface area contributed by atoms with Crippen molar-refractivity contribution in [2.45, 2.75) is 6.92 Å². The lowest BCUT2D eigenvalue weighted by molar-refractivity contribution is 0.765. The molecule has 3 N–H and O–H groups in total. The summed E-state index contributed by atoms with van der Waals surface area (Å²) in [6.07, 6.45) is 0. The molecule has 20 heavy (non-hydrogen) atoms. The van der Waals surface area contributed by atoms with Crippen molar-refractivity contribution < 1.29 is 0 Å². The third kappa shape index (κ3) is 2.79. The van der Waals surface area contributed by atoms with Gasteiger partial charge in [-0.15, -0.1) is 0 Å². The number of rotatable bonds is 3. The lowest BCUT2D eigenvalue weighted by Gasteiger charge is -2.12. The first-order valence-electron chi connectivity index (χ1n) is 5.56. The van der Waals surface area contributed by atoms with Crippen LogP contribution in [-0.2, 0) is 7.05 Å². The first kappa shape index (κ1) is 15.6. The van der Waals surface area contributed by atoms with Crippen molar-refractivity contribution in [1.82, 2.24) is 9.78 Å². The van der Waals surface area contributed by atoms with Crippen molar-refractivity contribution in [2.24, 2.45) is 12.8 Å². The van der Waals surface area contributed by atoms with Gasteiger partial charge >= 0.3 is 0 Å². The molecule has 0 saturated carbocycles. The van der Waals surface area contributed by atoms with Crippen LogP contribution >= 0.6 is 51.3 Å². The molecule has 8 heteroatoms. The van der Waals surface area contributed by atoms with Crippen molar-refractivity contribution >= 4 is 67.8 Å². The smallest absolute Gasteiger partial charge is 0.138 e. The Kier molecular flexibility index (Phi) is 4.59. The molecular formula is C12H11BrCl2N4S. The summed E-state index contributed by atoms with van der Waals surface area (Å²) < 4.78 is 2.39. The van der Waals surface area contributed by atoms with Gasteiger partial charge in [0.2, 0.25) is 0 Å². The van der Waals surface area contributed by atoms with Gasteiger partial charge in [0, 0.05) is 11.5 Å². The quantitative estimate of drug-likeness (QED) is 0.606. The first-order valence-corrected chi connectivity index (χ1v) is 7.52. The Morgan fingerprint density at radius 1 is 1.40 bits per heavy atom. The van der Waals surface area contributed by atoms with Gasteiger partial charge in [-0.25, -0.2) is 0 Å². The average molecular weight is 394 g/mol. The van der Waals surface area contributed by atoms with E-state index >= 15 is 0 Å². The molecule has 2 aromatic rings. The molecule has 0 radical (unpaired) electrons. The number of hydrogen-bond donors (Lipinski definition) is 2. The number of nitrogens with two attached hydrogens (primary N) is 1. The minimum absolute atomic E-state index is 0.275. The molecule has 0 aliphatic heterocycles. The number of aryl methyl sites for hydroxylation is 2. The number of hydrogen-bond acceptors (Lipinski definition) is 3. The molecule has 0 fully saturated rings. The zero-order valence-corrected chi connectivity index (χ0v) is 14.6. The van der Waals surface area contributed by atoms with E-state index in [4.69, 9.17) is 41.2 Å². The van der Waals surface area contributed by atoms with Gasteiger partial charge < -0.3 is 11.1 Å². The van der Waals surface area contributed by atoms with Gasteiger partial charge in [0.25, 0.3) is 0 Å². The van der Waals surface area contributed by atoms with Gasteiger partial charge in [-0.2, -0.15) is 5.10 Å². The van der Waals surface area contributed by atoms with Crippen LogP contribution in [-0.4, -0.2) is 14.8 Å². The van der Waals surface area contributed by atoms with Crippen LogP contribution in [0.4, 0.5) is 11.5 Å². The summed E-state index contributed by atoms with van der Waals surface area (Å²) in [4.78, 5) is 0.275. The van der Waals surface area contributed by atoms with Crippen molar-refractivity contribution in [2.75, 3.05) is 5.32 Å².